The molecule has 0 bridgehead atoms. The maximum absolute atomic E-state index is 13.9. The number of hydrogen-bond acceptors (Lipinski definition) is 7. The molecule has 0 radical (unpaired) electrons. The van der Waals surface area contributed by atoms with Crippen molar-refractivity contribution in [1.82, 2.24) is 30.3 Å². The standard InChI is InChI=1S/C25H26ClN7O2/c1-16-10-18(26)11-17-7-9-28-24(23(16)17)33(21-4-3-8-27-12-21)25(34)22-6-5-20(13-29-22)32-14-19(15-35-2)30-31-32/h5-7,9-11,13-14,21,27H,3-4,8,12,15H2,1-2H3/t21-/m1/s1. The van der Waals surface area contributed by atoms with Gasteiger partial charge in [0.05, 0.1) is 30.7 Å². The van der Waals surface area contributed by atoms with E-state index in [0.717, 1.165) is 35.7 Å². The summed E-state index contributed by atoms with van der Waals surface area (Å²) >= 11 is 6.31. The Hall–Kier alpha value is -3.40. The molecule has 9 nitrogen and oxygen atoms in total. The molecule has 4 aromatic rings. The van der Waals surface area contributed by atoms with Gasteiger partial charge in [0, 0.05) is 30.3 Å². The van der Waals surface area contributed by atoms with Crippen LogP contribution in [0, 0.1) is 6.92 Å². The molecule has 1 N–H and O–H groups in total. The van der Waals surface area contributed by atoms with Crippen molar-refractivity contribution in [2.75, 3.05) is 25.1 Å². The third-order valence-corrected chi connectivity index (χ3v) is 6.37. The third-order valence-electron chi connectivity index (χ3n) is 6.15. The number of nitrogens with zero attached hydrogens (tertiary/aromatic N) is 6. The van der Waals surface area contributed by atoms with Gasteiger partial charge in [-0.2, -0.15) is 0 Å². The topological polar surface area (TPSA) is 98.1 Å². The second kappa shape index (κ2) is 10.1. The minimum absolute atomic E-state index is 0.0437. The summed E-state index contributed by atoms with van der Waals surface area (Å²) in [4.78, 5) is 24.9. The van der Waals surface area contributed by atoms with Crippen LogP contribution in [0.2, 0.25) is 5.02 Å². The Morgan fingerprint density at radius 3 is 2.91 bits per heavy atom. The van der Waals surface area contributed by atoms with Crippen LogP contribution in [0.15, 0.2) is 48.9 Å². The highest BCUT2D eigenvalue weighted by Gasteiger charge is 2.31. The molecule has 1 atom stereocenters. The minimum Gasteiger partial charge on any atom is -0.378 e. The van der Waals surface area contributed by atoms with E-state index >= 15 is 0 Å². The normalized spacial score (nSPS) is 15.9. The zero-order valence-electron chi connectivity index (χ0n) is 19.6. The zero-order chi connectivity index (χ0) is 24.4. The van der Waals surface area contributed by atoms with Gasteiger partial charge in [0.1, 0.15) is 17.2 Å². The average molecular weight is 492 g/mol. The minimum atomic E-state index is -0.196. The number of amides is 1. The van der Waals surface area contributed by atoms with E-state index in [1.807, 2.05) is 31.2 Å². The summed E-state index contributed by atoms with van der Waals surface area (Å²) in [6, 6.07) is 9.21. The molecule has 0 spiro atoms. The highest BCUT2D eigenvalue weighted by Crippen LogP contribution is 2.33. The molecule has 1 saturated heterocycles. The van der Waals surface area contributed by atoms with Crippen molar-refractivity contribution in [3.05, 3.63) is 70.9 Å². The predicted molar refractivity (Wildman–Crippen MR) is 134 cm³/mol. The molecular weight excluding hydrogens is 466 g/mol. The highest BCUT2D eigenvalue weighted by atomic mass is 35.5. The number of nitrogens with one attached hydrogen (secondary N) is 1. The van der Waals surface area contributed by atoms with Crippen LogP contribution in [-0.4, -0.2) is 57.1 Å². The summed E-state index contributed by atoms with van der Waals surface area (Å²) in [7, 11) is 1.61. The van der Waals surface area contributed by atoms with Gasteiger partial charge in [0.2, 0.25) is 0 Å². The van der Waals surface area contributed by atoms with Gasteiger partial charge in [-0.1, -0.05) is 16.8 Å². The first-order chi connectivity index (χ1) is 17.0. The van der Waals surface area contributed by atoms with Crippen molar-refractivity contribution in [1.29, 1.82) is 0 Å². The number of rotatable bonds is 6. The fourth-order valence-electron chi connectivity index (χ4n) is 4.54. The molecule has 1 amide bonds. The van der Waals surface area contributed by atoms with E-state index in [9.17, 15) is 4.79 Å². The van der Waals surface area contributed by atoms with Gasteiger partial charge < -0.3 is 10.1 Å². The molecule has 4 heterocycles. The number of benzene rings is 1. The van der Waals surface area contributed by atoms with Crippen molar-refractivity contribution in [2.24, 2.45) is 0 Å². The third kappa shape index (κ3) is 4.75. The number of carbonyl (C=O) groups is 1. The Balaban J connectivity index is 1.53. The number of piperidine rings is 1. The summed E-state index contributed by atoms with van der Waals surface area (Å²) in [5.74, 6) is 0.431. The average Bonchev–Trinajstić information content (AvgIpc) is 3.33. The fraction of sp³-hybridized carbons (Fsp3) is 0.320. The molecule has 1 aliphatic rings. The number of anilines is 1. The number of fused-ring (bicyclic) bond motifs is 1. The maximum Gasteiger partial charge on any atom is 0.278 e. The van der Waals surface area contributed by atoms with Gasteiger partial charge in [0.25, 0.3) is 5.91 Å². The Morgan fingerprint density at radius 1 is 1.29 bits per heavy atom. The first kappa shape index (κ1) is 23.3. The fourth-order valence-corrected chi connectivity index (χ4v) is 4.82. The van der Waals surface area contributed by atoms with Gasteiger partial charge in [0.15, 0.2) is 0 Å². The molecule has 3 aromatic heterocycles. The molecular formula is C25H26ClN7O2. The van der Waals surface area contributed by atoms with Crippen molar-refractivity contribution in [2.45, 2.75) is 32.4 Å². The lowest BCUT2D eigenvalue weighted by molar-refractivity contribution is 0.0967. The second-order valence-electron chi connectivity index (χ2n) is 8.62. The molecule has 0 aliphatic carbocycles. The van der Waals surface area contributed by atoms with Gasteiger partial charge in [-0.15, -0.1) is 5.10 Å². The van der Waals surface area contributed by atoms with Crippen LogP contribution in [0.25, 0.3) is 16.5 Å². The number of aromatic nitrogens is 5. The van der Waals surface area contributed by atoms with Crippen LogP contribution in [0.5, 0.6) is 0 Å². The van der Waals surface area contributed by atoms with Gasteiger partial charge >= 0.3 is 0 Å². The van der Waals surface area contributed by atoms with Crippen LogP contribution in [0.1, 0.15) is 34.6 Å². The number of methoxy groups -OCH3 is 1. The van der Waals surface area contributed by atoms with Crippen LogP contribution in [-0.2, 0) is 11.3 Å². The molecule has 0 unspecified atom stereocenters. The van der Waals surface area contributed by atoms with E-state index in [1.54, 1.807) is 41.3 Å². The highest BCUT2D eigenvalue weighted by molar-refractivity contribution is 6.31. The largest absolute Gasteiger partial charge is 0.378 e. The molecule has 35 heavy (non-hydrogen) atoms. The summed E-state index contributed by atoms with van der Waals surface area (Å²) in [5.41, 5.74) is 2.72. The predicted octanol–water partition coefficient (Wildman–Crippen LogP) is 3.72. The molecule has 0 saturated carbocycles. The first-order valence-electron chi connectivity index (χ1n) is 11.5. The lowest BCUT2D eigenvalue weighted by Crippen LogP contribution is -2.49. The lowest BCUT2D eigenvalue weighted by atomic mass is 10.0. The number of halogens is 1. The SMILES string of the molecule is COCc1cn(-c2ccc(C(=O)N(c3nccc4cc(Cl)cc(C)c34)[C@@H]3CCCNC3)nc2)nn1. The molecule has 1 fully saturated rings. The Bertz CT molecular complexity index is 1350. The summed E-state index contributed by atoms with van der Waals surface area (Å²) in [6.45, 7) is 3.99. The number of ether oxygens (including phenoxy) is 1. The van der Waals surface area contributed by atoms with E-state index in [-0.39, 0.29) is 11.9 Å². The maximum atomic E-state index is 13.9. The smallest absolute Gasteiger partial charge is 0.278 e. The van der Waals surface area contributed by atoms with Gasteiger partial charge in [-0.05, 0) is 67.6 Å². The molecule has 5 rings (SSSR count). The number of aryl methyl sites for hydroxylation is 1. The van der Waals surface area contributed by atoms with E-state index < -0.39 is 0 Å². The van der Waals surface area contributed by atoms with Crippen LogP contribution >= 0.6 is 11.6 Å². The molecule has 1 aromatic carbocycles. The quantitative estimate of drug-likeness (QED) is 0.439. The molecule has 10 heteroatoms. The van der Waals surface area contributed by atoms with E-state index in [4.69, 9.17) is 16.3 Å². The number of carbonyl (C=O) groups excluding carboxylic acids is 1. The Labute approximate surface area is 208 Å². The first-order valence-corrected chi connectivity index (χ1v) is 11.9. The van der Waals surface area contributed by atoms with E-state index in [0.29, 0.717) is 41.1 Å². The monoisotopic (exact) mass is 491 g/mol. The molecule has 1 aliphatic heterocycles. The second-order valence-corrected chi connectivity index (χ2v) is 9.06. The van der Waals surface area contributed by atoms with Gasteiger partial charge in [-0.3, -0.25) is 9.69 Å². The van der Waals surface area contributed by atoms with Crippen molar-refractivity contribution >= 4 is 34.1 Å². The Kier molecular flexibility index (Phi) is 6.72. The van der Waals surface area contributed by atoms with Crippen molar-refractivity contribution in [3.63, 3.8) is 0 Å². The molecule has 180 valence electrons. The van der Waals surface area contributed by atoms with Crippen molar-refractivity contribution < 1.29 is 9.53 Å². The van der Waals surface area contributed by atoms with Crippen molar-refractivity contribution in [3.8, 4) is 5.69 Å². The Morgan fingerprint density at radius 2 is 2.17 bits per heavy atom. The zero-order valence-corrected chi connectivity index (χ0v) is 20.4. The van der Waals surface area contributed by atoms with Gasteiger partial charge in [-0.25, -0.2) is 14.6 Å². The van der Waals surface area contributed by atoms with E-state index in [1.165, 1.54) is 0 Å². The number of pyridine rings is 2. The van der Waals surface area contributed by atoms with Crippen LogP contribution in [0.3, 0.4) is 0 Å². The lowest BCUT2D eigenvalue weighted by Gasteiger charge is -2.34. The summed E-state index contributed by atoms with van der Waals surface area (Å²) < 4.78 is 6.71. The summed E-state index contributed by atoms with van der Waals surface area (Å²) in [6.07, 6.45) is 6.98. The van der Waals surface area contributed by atoms with Crippen LogP contribution in [0.4, 0.5) is 5.82 Å². The number of hydrogen-bond donors (Lipinski definition) is 1. The summed E-state index contributed by atoms with van der Waals surface area (Å²) in [5, 5.41) is 14.1. The van der Waals surface area contributed by atoms with E-state index in [2.05, 4.69) is 25.6 Å². The van der Waals surface area contributed by atoms with Crippen LogP contribution < -0.4 is 10.2 Å².